The van der Waals surface area contributed by atoms with Gasteiger partial charge in [0, 0.05) is 11.6 Å². The van der Waals surface area contributed by atoms with Crippen LogP contribution in [-0.2, 0) is 4.79 Å². The van der Waals surface area contributed by atoms with Gasteiger partial charge in [0.25, 0.3) is 0 Å². The average molecular weight is 156 g/mol. The normalized spacial score (nSPS) is 12.3. The van der Waals surface area contributed by atoms with Crippen LogP contribution in [0.2, 0.25) is 0 Å². The van der Waals surface area contributed by atoms with Crippen molar-refractivity contribution in [3.8, 4) is 0 Å². The number of hydrogen-bond donors (Lipinski definition) is 2. The summed E-state index contributed by atoms with van der Waals surface area (Å²) in [5, 5.41) is 2.76. The third kappa shape index (κ3) is 4.56. The lowest BCUT2D eigenvalue weighted by molar-refractivity contribution is -0.118. The summed E-state index contributed by atoms with van der Waals surface area (Å²) in [6.07, 6.45) is 0.805. The van der Waals surface area contributed by atoms with Crippen molar-refractivity contribution < 1.29 is 4.79 Å². The van der Waals surface area contributed by atoms with E-state index in [2.05, 4.69) is 11.9 Å². The van der Waals surface area contributed by atoms with Crippen LogP contribution in [0, 0.1) is 0 Å². The zero-order valence-electron chi connectivity index (χ0n) is 7.18. The van der Waals surface area contributed by atoms with Gasteiger partial charge in [0.2, 0.25) is 5.91 Å². The molecule has 0 saturated heterocycles. The van der Waals surface area contributed by atoms with E-state index in [4.69, 9.17) is 5.73 Å². The van der Waals surface area contributed by atoms with E-state index >= 15 is 0 Å². The van der Waals surface area contributed by atoms with Gasteiger partial charge in [0.1, 0.15) is 0 Å². The monoisotopic (exact) mass is 156 g/mol. The van der Waals surface area contributed by atoms with Gasteiger partial charge in [-0.05, 0) is 26.8 Å². The molecule has 0 aromatic heterocycles. The van der Waals surface area contributed by atoms with Crippen molar-refractivity contribution in [1.82, 2.24) is 5.32 Å². The van der Waals surface area contributed by atoms with Gasteiger partial charge in [-0.1, -0.05) is 6.58 Å². The largest absolute Gasteiger partial charge is 0.350 e. The Bertz CT molecular complexity index is 154. The molecule has 0 heterocycles. The molecule has 0 aromatic rings. The molecule has 1 atom stereocenters. The van der Waals surface area contributed by atoms with Crippen LogP contribution in [0.3, 0.4) is 0 Å². The molecule has 0 saturated carbocycles. The number of carbonyl (C=O) groups excluding carboxylic acids is 1. The van der Waals surface area contributed by atoms with E-state index in [1.54, 1.807) is 6.92 Å². The minimum atomic E-state index is -0.0917. The molecule has 3 nitrogen and oxygen atoms in total. The van der Waals surface area contributed by atoms with E-state index in [0.29, 0.717) is 12.1 Å². The van der Waals surface area contributed by atoms with E-state index in [1.807, 2.05) is 6.92 Å². The van der Waals surface area contributed by atoms with Gasteiger partial charge in [-0.3, -0.25) is 4.79 Å². The van der Waals surface area contributed by atoms with Crippen LogP contribution in [0.4, 0.5) is 0 Å². The second-order valence-corrected chi connectivity index (χ2v) is 2.73. The molecule has 0 aromatic carbocycles. The minimum absolute atomic E-state index is 0.0917. The van der Waals surface area contributed by atoms with Crippen LogP contribution in [0.5, 0.6) is 0 Å². The van der Waals surface area contributed by atoms with Gasteiger partial charge in [-0.15, -0.1) is 0 Å². The molecular formula is C8H16N2O. The number of rotatable bonds is 4. The highest BCUT2D eigenvalue weighted by atomic mass is 16.1. The molecule has 11 heavy (non-hydrogen) atoms. The number of carbonyl (C=O) groups is 1. The summed E-state index contributed by atoms with van der Waals surface area (Å²) in [6, 6.07) is 0.143. The highest BCUT2D eigenvalue weighted by Crippen LogP contribution is 1.91. The second kappa shape index (κ2) is 4.91. The predicted molar refractivity (Wildman–Crippen MR) is 46.1 cm³/mol. The van der Waals surface area contributed by atoms with Crippen LogP contribution >= 0.6 is 0 Å². The molecule has 0 aliphatic rings. The minimum Gasteiger partial charge on any atom is -0.350 e. The Hall–Kier alpha value is -0.830. The summed E-state index contributed by atoms with van der Waals surface area (Å²) in [6.45, 7) is 7.73. The van der Waals surface area contributed by atoms with Crippen LogP contribution in [0.25, 0.3) is 0 Å². The average Bonchev–Trinajstić information content (AvgIpc) is 1.87. The van der Waals surface area contributed by atoms with Crippen molar-refractivity contribution in [2.24, 2.45) is 5.73 Å². The third-order valence-corrected chi connectivity index (χ3v) is 1.36. The Morgan fingerprint density at radius 1 is 1.73 bits per heavy atom. The van der Waals surface area contributed by atoms with Gasteiger partial charge in [-0.2, -0.15) is 0 Å². The van der Waals surface area contributed by atoms with E-state index in [0.717, 1.165) is 6.42 Å². The Morgan fingerprint density at radius 3 is 2.64 bits per heavy atom. The summed E-state index contributed by atoms with van der Waals surface area (Å²) >= 11 is 0. The molecule has 0 aliphatic heterocycles. The Kier molecular flexibility index (Phi) is 4.54. The number of nitrogens with one attached hydrogen (secondary N) is 1. The van der Waals surface area contributed by atoms with Crippen molar-refractivity contribution in [2.45, 2.75) is 26.3 Å². The Balaban J connectivity index is 3.66. The molecule has 0 aliphatic carbocycles. The molecule has 1 unspecified atom stereocenters. The van der Waals surface area contributed by atoms with E-state index in [-0.39, 0.29) is 11.9 Å². The van der Waals surface area contributed by atoms with Crippen molar-refractivity contribution in [3.05, 3.63) is 12.2 Å². The molecule has 0 rings (SSSR count). The van der Waals surface area contributed by atoms with E-state index in [1.165, 1.54) is 0 Å². The first kappa shape index (κ1) is 10.2. The summed E-state index contributed by atoms with van der Waals surface area (Å²) in [7, 11) is 0. The lowest BCUT2D eigenvalue weighted by Crippen LogP contribution is -2.34. The SMILES string of the molecule is C=C(C)C(=O)NC(C)CCN. The van der Waals surface area contributed by atoms with Gasteiger partial charge < -0.3 is 11.1 Å². The maximum absolute atomic E-state index is 11.0. The molecular weight excluding hydrogens is 140 g/mol. The van der Waals surface area contributed by atoms with Gasteiger partial charge >= 0.3 is 0 Å². The smallest absolute Gasteiger partial charge is 0.246 e. The van der Waals surface area contributed by atoms with Crippen LogP contribution in [0.15, 0.2) is 12.2 Å². The summed E-state index contributed by atoms with van der Waals surface area (Å²) in [4.78, 5) is 11.0. The first-order valence-corrected chi connectivity index (χ1v) is 3.74. The van der Waals surface area contributed by atoms with Crippen molar-refractivity contribution in [2.75, 3.05) is 6.54 Å². The zero-order valence-corrected chi connectivity index (χ0v) is 7.18. The van der Waals surface area contributed by atoms with Crippen LogP contribution in [0.1, 0.15) is 20.3 Å². The van der Waals surface area contributed by atoms with Crippen molar-refractivity contribution >= 4 is 5.91 Å². The van der Waals surface area contributed by atoms with Crippen LogP contribution < -0.4 is 11.1 Å². The van der Waals surface area contributed by atoms with Crippen LogP contribution in [-0.4, -0.2) is 18.5 Å². The second-order valence-electron chi connectivity index (χ2n) is 2.73. The zero-order chi connectivity index (χ0) is 8.85. The number of nitrogens with two attached hydrogens (primary N) is 1. The lowest BCUT2D eigenvalue weighted by Gasteiger charge is -2.11. The highest BCUT2D eigenvalue weighted by molar-refractivity contribution is 5.92. The molecule has 0 bridgehead atoms. The predicted octanol–water partition coefficient (Wildman–Crippen LogP) is 0.416. The molecule has 3 N–H and O–H groups in total. The van der Waals surface area contributed by atoms with Crippen molar-refractivity contribution in [3.63, 3.8) is 0 Å². The fourth-order valence-electron chi connectivity index (χ4n) is 0.669. The summed E-state index contributed by atoms with van der Waals surface area (Å²) < 4.78 is 0. The Labute approximate surface area is 67.7 Å². The maximum Gasteiger partial charge on any atom is 0.246 e. The summed E-state index contributed by atoms with van der Waals surface area (Å²) in [5.41, 5.74) is 5.84. The third-order valence-electron chi connectivity index (χ3n) is 1.36. The quantitative estimate of drug-likeness (QED) is 0.579. The Morgan fingerprint density at radius 2 is 2.27 bits per heavy atom. The standard InChI is InChI=1S/C8H16N2O/c1-6(2)8(11)10-7(3)4-5-9/h7H,1,4-5,9H2,2-3H3,(H,10,11). The fraction of sp³-hybridized carbons (Fsp3) is 0.625. The fourth-order valence-corrected chi connectivity index (χ4v) is 0.669. The highest BCUT2D eigenvalue weighted by Gasteiger charge is 2.05. The molecule has 64 valence electrons. The lowest BCUT2D eigenvalue weighted by atomic mass is 10.2. The van der Waals surface area contributed by atoms with Gasteiger partial charge in [0.05, 0.1) is 0 Å². The summed E-state index contributed by atoms with van der Waals surface area (Å²) in [5.74, 6) is -0.0917. The molecule has 3 heteroatoms. The van der Waals surface area contributed by atoms with Gasteiger partial charge in [-0.25, -0.2) is 0 Å². The van der Waals surface area contributed by atoms with Gasteiger partial charge in [0.15, 0.2) is 0 Å². The number of hydrogen-bond acceptors (Lipinski definition) is 2. The molecule has 1 amide bonds. The number of amides is 1. The van der Waals surface area contributed by atoms with E-state index < -0.39 is 0 Å². The maximum atomic E-state index is 11.0. The first-order chi connectivity index (χ1) is 5.07. The van der Waals surface area contributed by atoms with Crippen molar-refractivity contribution in [1.29, 1.82) is 0 Å². The first-order valence-electron chi connectivity index (χ1n) is 3.74. The topological polar surface area (TPSA) is 55.1 Å². The molecule has 0 spiro atoms. The molecule has 0 radical (unpaired) electrons. The van der Waals surface area contributed by atoms with E-state index in [9.17, 15) is 4.79 Å². The molecule has 0 fully saturated rings.